The topological polar surface area (TPSA) is 15.3 Å². The molecule has 0 aromatic carbocycles. The zero-order chi connectivity index (χ0) is 10.8. The molecule has 15 heavy (non-hydrogen) atoms. The van der Waals surface area contributed by atoms with Crippen molar-refractivity contribution in [1.82, 2.24) is 10.2 Å². The zero-order valence-corrected chi connectivity index (χ0v) is 10.5. The summed E-state index contributed by atoms with van der Waals surface area (Å²) >= 11 is 0. The molecule has 2 heteroatoms. The zero-order valence-electron chi connectivity index (χ0n) is 10.5. The lowest BCUT2D eigenvalue weighted by molar-refractivity contribution is 0.231. The SMILES string of the molecule is CC(NCCN(C)C(C)C1CC1)C1CC1. The Balaban J connectivity index is 1.55. The van der Waals surface area contributed by atoms with Gasteiger partial charge in [0.2, 0.25) is 0 Å². The molecule has 88 valence electrons. The first-order chi connectivity index (χ1) is 7.18. The van der Waals surface area contributed by atoms with Gasteiger partial charge in [-0.1, -0.05) is 0 Å². The van der Waals surface area contributed by atoms with Gasteiger partial charge in [0, 0.05) is 25.2 Å². The monoisotopic (exact) mass is 210 g/mol. The Labute approximate surface area is 94.4 Å². The van der Waals surface area contributed by atoms with Gasteiger partial charge >= 0.3 is 0 Å². The Morgan fingerprint density at radius 2 is 1.73 bits per heavy atom. The summed E-state index contributed by atoms with van der Waals surface area (Å²) in [5.74, 6) is 1.98. The highest BCUT2D eigenvalue weighted by molar-refractivity contribution is 4.85. The van der Waals surface area contributed by atoms with E-state index in [9.17, 15) is 0 Å². The van der Waals surface area contributed by atoms with Crippen molar-refractivity contribution in [3.63, 3.8) is 0 Å². The molecule has 2 atom stereocenters. The van der Waals surface area contributed by atoms with Crippen LogP contribution in [0.5, 0.6) is 0 Å². The first-order valence-corrected chi connectivity index (χ1v) is 6.62. The van der Waals surface area contributed by atoms with Gasteiger partial charge in [0.15, 0.2) is 0 Å². The molecule has 2 fully saturated rings. The van der Waals surface area contributed by atoms with Gasteiger partial charge in [0.05, 0.1) is 0 Å². The Morgan fingerprint density at radius 1 is 1.13 bits per heavy atom. The quantitative estimate of drug-likeness (QED) is 0.692. The summed E-state index contributed by atoms with van der Waals surface area (Å²) in [5.41, 5.74) is 0. The fraction of sp³-hybridized carbons (Fsp3) is 1.00. The van der Waals surface area contributed by atoms with E-state index >= 15 is 0 Å². The van der Waals surface area contributed by atoms with E-state index in [2.05, 4.69) is 31.1 Å². The molecule has 2 rings (SSSR count). The standard InChI is InChI=1S/C13H26N2/c1-10(12-4-5-12)14-8-9-15(3)11(2)13-6-7-13/h10-14H,4-9H2,1-3H3. The number of rotatable bonds is 7. The molecule has 0 amide bonds. The van der Waals surface area contributed by atoms with Crippen molar-refractivity contribution in [1.29, 1.82) is 0 Å². The smallest absolute Gasteiger partial charge is 0.0107 e. The minimum atomic E-state index is 0.745. The first-order valence-electron chi connectivity index (χ1n) is 6.62. The molecule has 2 unspecified atom stereocenters. The van der Waals surface area contributed by atoms with E-state index in [-0.39, 0.29) is 0 Å². The highest BCUT2D eigenvalue weighted by Crippen LogP contribution is 2.34. The highest BCUT2D eigenvalue weighted by Gasteiger charge is 2.30. The molecule has 0 heterocycles. The van der Waals surface area contributed by atoms with Crippen LogP contribution in [-0.4, -0.2) is 37.1 Å². The molecule has 2 nitrogen and oxygen atoms in total. The van der Waals surface area contributed by atoms with E-state index in [1.165, 1.54) is 32.2 Å². The molecule has 0 aromatic heterocycles. The summed E-state index contributed by atoms with van der Waals surface area (Å²) in [5, 5.41) is 3.65. The summed E-state index contributed by atoms with van der Waals surface area (Å²) in [4.78, 5) is 2.52. The van der Waals surface area contributed by atoms with E-state index < -0.39 is 0 Å². The fourth-order valence-corrected chi connectivity index (χ4v) is 2.37. The maximum Gasteiger partial charge on any atom is 0.0107 e. The van der Waals surface area contributed by atoms with Gasteiger partial charge in [-0.05, 0) is 58.4 Å². The maximum absolute atomic E-state index is 3.65. The van der Waals surface area contributed by atoms with Gasteiger partial charge in [-0.2, -0.15) is 0 Å². The third-order valence-electron chi connectivity index (χ3n) is 4.26. The van der Waals surface area contributed by atoms with E-state index in [1.54, 1.807) is 0 Å². The predicted octanol–water partition coefficient (Wildman–Crippen LogP) is 2.10. The second kappa shape index (κ2) is 4.84. The third-order valence-corrected chi connectivity index (χ3v) is 4.26. The van der Waals surface area contributed by atoms with Crippen LogP contribution in [-0.2, 0) is 0 Å². The number of nitrogens with zero attached hydrogens (tertiary/aromatic N) is 1. The molecule has 0 aliphatic heterocycles. The van der Waals surface area contributed by atoms with Gasteiger partial charge in [-0.3, -0.25) is 0 Å². The number of hydrogen-bond donors (Lipinski definition) is 1. The molecular formula is C13H26N2. The predicted molar refractivity (Wildman–Crippen MR) is 65.0 cm³/mol. The Hall–Kier alpha value is -0.0800. The van der Waals surface area contributed by atoms with Crippen molar-refractivity contribution in [2.24, 2.45) is 11.8 Å². The van der Waals surface area contributed by atoms with Crippen molar-refractivity contribution >= 4 is 0 Å². The first kappa shape index (κ1) is 11.4. The third kappa shape index (κ3) is 3.46. The van der Waals surface area contributed by atoms with Crippen LogP contribution in [0, 0.1) is 11.8 Å². The van der Waals surface area contributed by atoms with Gasteiger partial charge in [-0.15, -0.1) is 0 Å². The van der Waals surface area contributed by atoms with Crippen LogP contribution in [0.15, 0.2) is 0 Å². The minimum absolute atomic E-state index is 0.745. The van der Waals surface area contributed by atoms with Crippen molar-refractivity contribution in [3.8, 4) is 0 Å². The molecule has 0 spiro atoms. The summed E-state index contributed by atoms with van der Waals surface area (Å²) in [7, 11) is 2.27. The van der Waals surface area contributed by atoms with E-state index in [4.69, 9.17) is 0 Å². The summed E-state index contributed by atoms with van der Waals surface area (Å²) in [6.07, 6.45) is 5.81. The average molecular weight is 210 g/mol. The lowest BCUT2D eigenvalue weighted by atomic mass is 10.2. The molecule has 2 aliphatic carbocycles. The van der Waals surface area contributed by atoms with Gasteiger partial charge < -0.3 is 10.2 Å². The summed E-state index contributed by atoms with van der Waals surface area (Å²) in [6, 6.07) is 1.54. The van der Waals surface area contributed by atoms with E-state index in [0.717, 1.165) is 30.5 Å². The van der Waals surface area contributed by atoms with Gasteiger partial charge in [-0.25, -0.2) is 0 Å². The van der Waals surface area contributed by atoms with Crippen molar-refractivity contribution in [2.75, 3.05) is 20.1 Å². The summed E-state index contributed by atoms with van der Waals surface area (Å²) < 4.78 is 0. The molecule has 2 aliphatic rings. The number of hydrogen-bond acceptors (Lipinski definition) is 2. The van der Waals surface area contributed by atoms with Gasteiger partial charge in [0.1, 0.15) is 0 Å². The van der Waals surface area contributed by atoms with Crippen LogP contribution < -0.4 is 5.32 Å². The minimum Gasteiger partial charge on any atom is -0.313 e. The fourth-order valence-electron chi connectivity index (χ4n) is 2.37. The molecule has 0 saturated heterocycles. The molecule has 2 saturated carbocycles. The van der Waals surface area contributed by atoms with Crippen LogP contribution in [0.4, 0.5) is 0 Å². The van der Waals surface area contributed by atoms with E-state index in [1.807, 2.05) is 0 Å². The number of likely N-dealkylation sites (N-methyl/N-ethyl adjacent to an activating group) is 1. The Kier molecular flexibility index (Phi) is 3.68. The molecule has 1 N–H and O–H groups in total. The largest absolute Gasteiger partial charge is 0.313 e. The average Bonchev–Trinajstić information content (AvgIpc) is 3.06. The molecule has 0 bridgehead atoms. The van der Waals surface area contributed by atoms with Crippen LogP contribution in [0.2, 0.25) is 0 Å². The molecule has 0 radical (unpaired) electrons. The van der Waals surface area contributed by atoms with Crippen LogP contribution in [0.1, 0.15) is 39.5 Å². The Morgan fingerprint density at radius 3 is 2.27 bits per heavy atom. The number of nitrogens with one attached hydrogen (secondary N) is 1. The second-order valence-corrected chi connectivity index (χ2v) is 5.64. The van der Waals surface area contributed by atoms with Crippen molar-refractivity contribution in [3.05, 3.63) is 0 Å². The van der Waals surface area contributed by atoms with Crippen LogP contribution in [0.25, 0.3) is 0 Å². The highest BCUT2D eigenvalue weighted by atomic mass is 15.1. The van der Waals surface area contributed by atoms with Crippen LogP contribution in [0.3, 0.4) is 0 Å². The van der Waals surface area contributed by atoms with E-state index in [0.29, 0.717) is 0 Å². The maximum atomic E-state index is 3.65. The lowest BCUT2D eigenvalue weighted by Crippen LogP contribution is -2.39. The van der Waals surface area contributed by atoms with Crippen molar-refractivity contribution in [2.45, 2.75) is 51.6 Å². The molecule has 0 aromatic rings. The molecular weight excluding hydrogens is 184 g/mol. The second-order valence-electron chi connectivity index (χ2n) is 5.64. The Bertz CT molecular complexity index is 197. The normalized spacial score (nSPS) is 25.6. The summed E-state index contributed by atoms with van der Waals surface area (Å²) in [6.45, 7) is 7.07. The lowest BCUT2D eigenvalue weighted by Gasteiger charge is -2.25. The van der Waals surface area contributed by atoms with Gasteiger partial charge in [0.25, 0.3) is 0 Å². The van der Waals surface area contributed by atoms with Crippen molar-refractivity contribution < 1.29 is 0 Å². The van der Waals surface area contributed by atoms with Crippen LogP contribution >= 0.6 is 0 Å².